The van der Waals surface area contributed by atoms with Crippen molar-refractivity contribution in [1.29, 1.82) is 0 Å². The number of nitrogens with one attached hydrogen (secondary N) is 5. The van der Waals surface area contributed by atoms with Crippen LogP contribution in [0.2, 0.25) is 0 Å². The van der Waals surface area contributed by atoms with Crippen molar-refractivity contribution < 1.29 is 0 Å². The predicted molar refractivity (Wildman–Crippen MR) is 225 cm³/mol. The van der Waals surface area contributed by atoms with E-state index in [1.807, 2.05) is 0 Å². The maximum absolute atomic E-state index is 3.96. The van der Waals surface area contributed by atoms with Gasteiger partial charge in [-0.2, -0.15) is 0 Å². The molecule has 5 heteroatoms. The van der Waals surface area contributed by atoms with Gasteiger partial charge in [-0.1, -0.05) is 164 Å². The average molecular weight is 702 g/mol. The molecule has 2 aliphatic carbocycles. The Morgan fingerprint density at radius 3 is 1.74 bits per heavy atom. The monoisotopic (exact) mass is 701 g/mol. The van der Waals surface area contributed by atoms with Crippen LogP contribution in [0.5, 0.6) is 0 Å². The van der Waals surface area contributed by atoms with Crippen molar-refractivity contribution in [2.75, 3.05) is 10.6 Å². The van der Waals surface area contributed by atoms with Gasteiger partial charge in [0.2, 0.25) is 0 Å². The summed E-state index contributed by atoms with van der Waals surface area (Å²) in [6.45, 7) is 0. The van der Waals surface area contributed by atoms with E-state index in [-0.39, 0.29) is 24.4 Å². The van der Waals surface area contributed by atoms with Crippen LogP contribution in [0.4, 0.5) is 17.1 Å². The van der Waals surface area contributed by atoms with E-state index in [0.717, 1.165) is 51.4 Å². The van der Waals surface area contributed by atoms with E-state index in [9.17, 15) is 0 Å². The number of hydrogen-bond acceptors (Lipinski definition) is 5. The minimum atomic E-state index is -0.0232. The molecule has 1 saturated heterocycles. The van der Waals surface area contributed by atoms with Crippen LogP contribution in [0, 0.1) is 5.92 Å². The van der Waals surface area contributed by atoms with Gasteiger partial charge in [0.1, 0.15) is 0 Å². The molecule has 0 saturated carbocycles. The summed E-state index contributed by atoms with van der Waals surface area (Å²) in [5, 5.41) is 19.4. The van der Waals surface area contributed by atoms with Gasteiger partial charge in [-0.15, -0.1) is 0 Å². The lowest BCUT2D eigenvalue weighted by molar-refractivity contribution is 0.197. The van der Waals surface area contributed by atoms with Gasteiger partial charge < -0.3 is 10.6 Å². The maximum atomic E-state index is 3.96. The molecule has 0 radical (unpaired) electrons. The fraction of sp³-hybridized carbons (Fsp3) is 0.102. The van der Waals surface area contributed by atoms with E-state index in [2.05, 4.69) is 221 Å². The van der Waals surface area contributed by atoms with Gasteiger partial charge in [0.25, 0.3) is 0 Å². The van der Waals surface area contributed by atoms with Crippen molar-refractivity contribution in [2.45, 2.75) is 24.9 Å². The smallest absolute Gasteiger partial charge is 0.0862 e. The third-order valence-electron chi connectivity index (χ3n) is 10.5. The van der Waals surface area contributed by atoms with Crippen molar-refractivity contribution in [1.82, 2.24) is 16.0 Å². The standard InChI is InChI=1S/C49H43N5/c1-5-16-34(17-6-1)35-28-30-37(31-29-35)43-32-42(36-18-7-2-8-19-36)46(33-45(43)50-40-24-11-4-12-25-40)51-44-27-15-26-41(44)49-53-47(38-20-9-3-10-21-38)52-48(54-49)39-22-13-14-23-39/h1-22,24-33,41,47-54H,23H2. The van der Waals surface area contributed by atoms with Crippen LogP contribution in [0.3, 0.4) is 0 Å². The van der Waals surface area contributed by atoms with E-state index in [1.165, 1.54) is 22.3 Å². The first-order valence-electron chi connectivity index (χ1n) is 18.8. The minimum Gasteiger partial charge on any atom is -0.358 e. The van der Waals surface area contributed by atoms with E-state index >= 15 is 0 Å². The number of benzene rings is 6. The van der Waals surface area contributed by atoms with E-state index < -0.39 is 0 Å². The first-order chi connectivity index (χ1) is 26.7. The van der Waals surface area contributed by atoms with Crippen LogP contribution in [-0.4, -0.2) is 12.3 Å². The molecule has 6 aromatic rings. The Labute approximate surface area is 317 Å². The topological polar surface area (TPSA) is 60.1 Å². The SMILES string of the molecule is C1=CCC(C2NC(c3ccccc3)NC(C3C=CC=C3Nc3cc(Nc4ccccc4)c(-c4ccc(-c5ccccc5)cc4)cc3-c3ccccc3)N2)=C1. The molecule has 5 N–H and O–H groups in total. The van der Waals surface area contributed by atoms with Crippen molar-refractivity contribution in [3.63, 3.8) is 0 Å². The Morgan fingerprint density at radius 2 is 1.06 bits per heavy atom. The molecule has 0 spiro atoms. The molecule has 9 rings (SSSR count). The van der Waals surface area contributed by atoms with Crippen LogP contribution >= 0.6 is 0 Å². The van der Waals surface area contributed by atoms with Gasteiger partial charge >= 0.3 is 0 Å². The van der Waals surface area contributed by atoms with Crippen LogP contribution < -0.4 is 26.6 Å². The lowest BCUT2D eigenvalue weighted by atomic mass is 9.93. The third kappa shape index (κ3) is 7.21. The first-order valence-corrected chi connectivity index (χ1v) is 18.8. The van der Waals surface area contributed by atoms with Gasteiger partial charge in [-0.05, 0) is 70.2 Å². The van der Waals surface area contributed by atoms with Gasteiger partial charge in [0.05, 0.1) is 18.5 Å². The molecule has 4 atom stereocenters. The highest BCUT2D eigenvalue weighted by atomic mass is 15.4. The summed E-state index contributed by atoms with van der Waals surface area (Å²) in [4.78, 5) is 0. The summed E-state index contributed by atoms with van der Waals surface area (Å²) >= 11 is 0. The zero-order chi connectivity index (χ0) is 36.1. The van der Waals surface area contributed by atoms with E-state index in [4.69, 9.17) is 0 Å². The number of allylic oxidation sites excluding steroid dienone is 5. The number of para-hydroxylation sites is 1. The van der Waals surface area contributed by atoms with Crippen LogP contribution in [0.25, 0.3) is 33.4 Å². The average Bonchev–Trinajstić information content (AvgIpc) is 3.96. The van der Waals surface area contributed by atoms with E-state index in [0.29, 0.717) is 0 Å². The van der Waals surface area contributed by atoms with Crippen LogP contribution in [0.1, 0.15) is 18.2 Å². The molecule has 54 heavy (non-hydrogen) atoms. The molecule has 1 aliphatic heterocycles. The summed E-state index contributed by atoms with van der Waals surface area (Å²) < 4.78 is 0. The molecule has 5 nitrogen and oxygen atoms in total. The fourth-order valence-corrected chi connectivity index (χ4v) is 7.72. The van der Waals surface area contributed by atoms with Crippen molar-refractivity contribution >= 4 is 17.1 Å². The highest BCUT2D eigenvalue weighted by molar-refractivity contribution is 5.93. The highest BCUT2D eigenvalue weighted by Gasteiger charge is 2.35. The Bertz CT molecular complexity index is 2330. The minimum absolute atomic E-state index is 0.00619. The third-order valence-corrected chi connectivity index (χ3v) is 10.5. The molecule has 0 amide bonds. The van der Waals surface area contributed by atoms with Crippen molar-refractivity contribution in [2.24, 2.45) is 5.92 Å². The molecule has 6 aromatic carbocycles. The first kappa shape index (κ1) is 33.6. The van der Waals surface area contributed by atoms with Gasteiger partial charge in [-0.25, -0.2) is 0 Å². The molecule has 264 valence electrons. The summed E-state index contributed by atoms with van der Waals surface area (Å²) in [7, 11) is 0. The molecular formula is C49H43N5. The molecule has 1 heterocycles. The van der Waals surface area contributed by atoms with Crippen molar-refractivity contribution in [3.05, 3.63) is 211 Å². The Kier molecular flexibility index (Phi) is 9.57. The number of anilines is 3. The quantitative estimate of drug-likeness (QED) is 0.0984. The number of rotatable bonds is 10. The molecule has 0 aromatic heterocycles. The number of hydrogen-bond donors (Lipinski definition) is 5. The largest absolute Gasteiger partial charge is 0.358 e. The molecule has 0 bridgehead atoms. The van der Waals surface area contributed by atoms with Crippen molar-refractivity contribution in [3.8, 4) is 33.4 Å². The molecule has 1 fully saturated rings. The predicted octanol–water partition coefficient (Wildman–Crippen LogP) is 10.9. The van der Waals surface area contributed by atoms with E-state index in [1.54, 1.807) is 0 Å². The lowest BCUT2D eigenvalue weighted by Crippen LogP contribution is -2.65. The summed E-state index contributed by atoms with van der Waals surface area (Å²) in [5.74, 6) is 0.0649. The second-order valence-electron chi connectivity index (χ2n) is 14.0. The molecular weight excluding hydrogens is 659 g/mol. The van der Waals surface area contributed by atoms with Crippen LogP contribution in [-0.2, 0) is 0 Å². The zero-order valence-electron chi connectivity index (χ0n) is 30.0. The Balaban J connectivity index is 1.09. The second-order valence-corrected chi connectivity index (χ2v) is 14.0. The van der Waals surface area contributed by atoms with Gasteiger partial charge in [-0.3, -0.25) is 16.0 Å². The summed E-state index contributed by atoms with van der Waals surface area (Å²) in [6, 6.07) is 55.9. The highest BCUT2D eigenvalue weighted by Crippen LogP contribution is 2.42. The van der Waals surface area contributed by atoms with Crippen LogP contribution in [0.15, 0.2) is 205 Å². The lowest BCUT2D eigenvalue weighted by Gasteiger charge is -2.42. The summed E-state index contributed by atoms with van der Waals surface area (Å²) in [6.07, 6.45) is 14.3. The Morgan fingerprint density at radius 1 is 0.481 bits per heavy atom. The summed E-state index contributed by atoms with van der Waals surface area (Å²) in [5.41, 5.74) is 13.8. The normalized spacial score (nSPS) is 20.4. The molecule has 3 aliphatic rings. The molecule has 4 unspecified atom stereocenters. The Hall–Kier alpha value is -6.24. The fourth-order valence-electron chi connectivity index (χ4n) is 7.72. The zero-order valence-corrected chi connectivity index (χ0v) is 30.0. The maximum Gasteiger partial charge on any atom is 0.0862 e. The van der Waals surface area contributed by atoms with Gasteiger partial charge in [0.15, 0.2) is 0 Å². The second kappa shape index (κ2) is 15.4. The van der Waals surface area contributed by atoms with Gasteiger partial charge in [0, 0.05) is 39.8 Å².